The zero-order chi connectivity index (χ0) is 19.2. The molecular formula is C17H18F3N5OS. The van der Waals surface area contributed by atoms with Crippen LogP contribution >= 0.6 is 11.3 Å². The van der Waals surface area contributed by atoms with Crippen molar-refractivity contribution < 1.29 is 17.7 Å². The lowest BCUT2D eigenvalue weighted by Gasteiger charge is -2.30. The molecule has 1 fully saturated rings. The molecular weight excluding hydrogens is 379 g/mol. The maximum Gasteiger partial charge on any atom is 0.416 e. The third-order valence-electron chi connectivity index (χ3n) is 4.58. The summed E-state index contributed by atoms with van der Waals surface area (Å²) in [6, 6.07) is 3.70. The SMILES string of the molecule is CN(C)c1noc(C2CCCN(c3nc4cc(C(F)(F)F)ccc4s3)C2)n1. The van der Waals surface area contributed by atoms with Crippen LogP contribution < -0.4 is 9.80 Å². The Bertz CT molecular complexity index is 952. The molecule has 1 aliphatic rings. The van der Waals surface area contributed by atoms with E-state index in [1.807, 2.05) is 14.1 Å². The van der Waals surface area contributed by atoms with Crippen molar-refractivity contribution in [1.82, 2.24) is 15.1 Å². The second kappa shape index (κ2) is 6.66. The Morgan fingerprint density at radius 1 is 1.26 bits per heavy atom. The summed E-state index contributed by atoms with van der Waals surface area (Å²) in [5.41, 5.74) is -0.301. The smallest absolute Gasteiger partial charge is 0.347 e. The molecule has 10 heteroatoms. The molecule has 1 unspecified atom stereocenters. The molecule has 0 amide bonds. The highest BCUT2D eigenvalue weighted by molar-refractivity contribution is 7.22. The molecule has 0 spiro atoms. The van der Waals surface area contributed by atoms with Crippen LogP contribution in [0.25, 0.3) is 10.2 Å². The molecule has 4 rings (SSSR count). The summed E-state index contributed by atoms with van der Waals surface area (Å²) >= 11 is 1.40. The average Bonchev–Trinajstić information content (AvgIpc) is 3.27. The average molecular weight is 397 g/mol. The third kappa shape index (κ3) is 3.58. The summed E-state index contributed by atoms with van der Waals surface area (Å²) < 4.78 is 44.9. The van der Waals surface area contributed by atoms with Crippen LogP contribution in [0.15, 0.2) is 22.7 Å². The van der Waals surface area contributed by atoms with Crippen LogP contribution in [0.2, 0.25) is 0 Å². The van der Waals surface area contributed by atoms with Crippen LogP contribution in [0.5, 0.6) is 0 Å². The summed E-state index contributed by atoms with van der Waals surface area (Å²) in [5.74, 6) is 1.20. The van der Waals surface area contributed by atoms with E-state index >= 15 is 0 Å². The number of hydrogen-bond acceptors (Lipinski definition) is 7. The number of nitrogens with zero attached hydrogens (tertiary/aromatic N) is 5. The van der Waals surface area contributed by atoms with Gasteiger partial charge in [0.05, 0.1) is 21.7 Å². The van der Waals surface area contributed by atoms with Gasteiger partial charge in [-0.15, -0.1) is 0 Å². The van der Waals surface area contributed by atoms with E-state index in [0.717, 1.165) is 41.4 Å². The minimum Gasteiger partial charge on any atom is -0.347 e. The predicted octanol–water partition coefficient (Wildman–Crippen LogP) is 4.15. The summed E-state index contributed by atoms with van der Waals surface area (Å²) in [7, 11) is 3.69. The van der Waals surface area contributed by atoms with Gasteiger partial charge in [0, 0.05) is 27.2 Å². The lowest BCUT2D eigenvalue weighted by molar-refractivity contribution is -0.137. The van der Waals surface area contributed by atoms with Crippen molar-refractivity contribution in [1.29, 1.82) is 0 Å². The number of fused-ring (bicyclic) bond motifs is 1. The minimum atomic E-state index is -4.36. The van der Waals surface area contributed by atoms with Gasteiger partial charge in [-0.1, -0.05) is 11.3 Å². The number of alkyl halides is 3. The Morgan fingerprint density at radius 2 is 2.07 bits per heavy atom. The number of benzene rings is 1. The number of anilines is 2. The van der Waals surface area contributed by atoms with E-state index in [0.29, 0.717) is 23.9 Å². The molecule has 0 N–H and O–H groups in total. The number of hydrogen-bond donors (Lipinski definition) is 0. The van der Waals surface area contributed by atoms with Gasteiger partial charge in [0.2, 0.25) is 5.89 Å². The number of thiazole rings is 1. The van der Waals surface area contributed by atoms with E-state index in [2.05, 4.69) is 20.0 Å². The molecule has 144 valence electrons. The quantitative estimate of drug-likeness (QED) is 0.662. The Morgan fingerprint density at radius 3 is 2.78 bits per heavy atom. The lowest BCUT2D eigenvalue weighted by atomic mass is 9.98. The number of halogens is 3. The lowest BCUT2D eigenvalue weighted by Crippen LogP contribution is -2.34. The largest absolute Gasteiger partial charge is 0.416 e. The Hall–Kier alpha value is -2.36. The van der Waals surface area contributed by atoms with Gasteiger partial charge in [-0.05, 0) is 36.2 Å². The van der Waals surface area contributed by atoms with Crippen molar-refractivity contribution in [3.05, 3.63) is 29.7 Å². The minimum absolute atomic E-state index is 0.0812. The Balaban J connectivity index is 1.57. The van der Waals surface area contributed by atoms with E-state index in [1.165, 1.54) is 17.4 Å². The molecule has 1 atom stereocenters. The molecule has 0 aliphatic carbocycles. The zero-order valence-corrected chi connectivity index (χ0v) is 15.6. The van der Waals surface area contributed by atoms with Crippen molar-refractivity contribution in [2.45, 2.75) is 24.9 Å². The second-order valence-corrected chi connectivity index (χ2v) is 7.80. The Kier molecular flexibility index (Phi) is 4.45. The van der Waals surface area contributed by atoms with Gasteiger partial charge in [-0.2, -0.15) is 18.2 Å². The number of piperidine rings is 1. The summed E-state index contributed by atoms with van der Waals surface area (Å²) in [6.07, 6.45) is -2.51. The molecule has 0 saturated carbocycles. The third-order valence-corrected chi connectivity index (χ3v) is 5.67. The van der Waals surface area contributed by atoms with Crippen LogP contribution in [-0.2, 0) is 6.18 Å². The first-order chi connectivity index (χ1) is 12.8. The number of rotatable bonds is 3. The normalized spacial score (nSPS) is 18.3. The molecule has 1 aliphatic heterocycles. The van der Waals surface area contributed by atoms with Gasteiger partial charge in [0.15, 0.2) is 5.13 Å². The van der Waals surface area contributed by atoms with Crippen molar-refractivity contribution >= 4 is 32.6 Å². The standard InChI is InChI=1S/C17H18F3N5OS/c1-24(2)15-22-14(26-23-15)10-4-3-7-25(9-10)16-21-12-8-11(17(18,19)20)5-6-13(12)27-16/h5-6,8,10H,3-4,7,9H2,1-2H3. The summed E-state index contributed by atoms with van der Waals surface area (Å²) in [6.45, 7) is 1.46. The van der Waals surface area contributed by atoms with Crippen molar-refractivity contribution in [2.75, 3.05) is 37.0 Å². The molecule has 3 aromatic rings. The second-order valence-electron chi connectivity index (χ2n) is 6.79. The molecule has 0 radical (unpaired) electrons. The van der Waals surface area contributed by atoms with Gasteiger partial charge in [-0.25, -0.2) is 4.98 Å². The molecule has 27 heavy (non-hydrogen) atoms. The van der Waals surface area contributed by atoms with Crippen molar-refractivity contribution in [3.8, 4) is 0 Å². The maximum atomic E-state index is 12.9. The summed E-state index contributed by atoms with van der Waals surface area (Å²) in [4.78, 5) is 12.7. The fraction of sp³-hybridized carbons (Fsp3) is 0.471. The van der Waals surface area contributed by atoms with Gasteiger partial charge in [0.25, 0.3) is 5.95 Å². The van der Waals surface area contributed by atoms with E-state index in [1.54, 1.807) is 4.90 Å². The van der Waals surface area contributed by atoms with Crippen LogP contribution in [0, 0.1) is 0 Å². The zero-order valence-electron chi connectivity index (χ0n) is 14.8. The van der Waals surface area contributed by atoms with Crippen molar-refractivity contribution in [3.63, 3.8) is 0 Å². The molecule has 0 bridgehead atoms. The highest BCUT2D eigenvalue weighted by Gasteiger charge is 2.31. The van der Waals surface area contributed by atoms with Crippen LogP contribution in [0.3, 0.4) is 0 Å². The van der Waals surface area contributed by atoms with Crippen LogP contribution in [0.1, 0.15) is 30.2 Å². The molecule has 2 aromatic heterocycles. The van der Waals surface area contributed by atoms with Crippen LogP contribution in [0.4, 0.5) is 24.3 Å². The topological polar surface area (TPSA) is 58.3 Å². The van der Waals surface area contributed by atoms with E-state index in [9.17, 15) is 13.2 Å². The fourth-order valence-electron chi connectivity index (χ4n) is 3.15. The van der Waals surface area contributed by atoms with E-state index < -0.39 is 11.7 Å². The fourth-order valence-corrected chi connectivity index (χ4v) is 4.13. The molecule has 1 saturated heterocycles. The van der Waals surface area contributed by atoms with Gasteiger partial charge < -0.3 is 14.3 Å². The summed E-state index contributed by atoms with van der Waals surface area (Å²) in [5, 5.41) is 4.68. The molecule has 1 aromatic carbocycles. The maximum absolute atomic E-state index is 12.9. The first-order valence-electron chi connectivity index (χ1n) is 8.55. The predicted molar refractivity (Wildman–Crippen MR) is 97.4 cm³/mol. The van der Waals surface area contributed by atoms with Gasteiger partial charge in [-0.3, -0.25) is 0 Å². The highest BCUT2D eigenvalue weighted by atomic mass is 32.1. The monoisotopic (exact) mass is 397 g/mol. The first kappa shape index (κ1) is 18.0. The number of aromatic nitrogens is 3. The highest BCUT2D eigenvalue weighted by Crippen LogP contribution is 2.37. The first-order valence-corrected chi connectivity index (χ1v) is 9.36. The van der Waals surface area contributed by atoms with Crippen molar-refractivity contribution in [2.24, 2.45) is 0 Å². The molecule has 3 heterocycles. The van der Waals surface area contributed by atoms with Crippen LogP contribution in [-0.4, -0.2) is 42.3 Å². The van der Waals surface area contributed by atoms with Gasteiger partial charge >= 0.3 is 6.18 Å². The molecule has 6 nitrogen and oxygen atoms in total. The van der Waals surface area contributed by atoms with Gasteiger partial charge in [0.1, 0.15) is 0 Å². The van der Waals surface area contributed by atoms with E-state index in [4.69, 9.17) is 4.52 Å². The Labute approximate surface area is 157 Å². The van der Waals surface area contributed by atoms with E-state index in [-0.39, 0.29) is 5.92 Å².